The predicted molar refractivity (Wildman–Crippen MR) is 56.6 cm³/mol. The number of aryl methyl sites for hydroxylation is 1. The quantitative estimate of drug-likeness (QED) is 0.429. The molecule has 2 rings (SSSR count). The first-order valence-electron chi connectivity index (χ1n) is 3.85. The number of benzene rings is 1. The Labute approximate surface area is 89.3 Å². The van der Waals surface area contributed by atoms with Crippen molar-refractivity contribution in [2.24, 2.45) is 0 Å². The van der Waals surface area contributed by atoms with E-state index in [1.165, 1.54) is 0 Å². The van der Waals surface area contributed by atoms with Gasteiger partial charge < -0.3 is 10.4 Å². The van der Waals surface area contributed by atoms with Crippen LogP contribution < -0.4 is 5.32 Å². The Hall–Kier alpha value is -0.620. The predicted octanol–water partition coefficient (Wildman–Crippen LogP) is 1.28. The number of halogens is 1. The van der Waals surface area contributed by atoms with Gasteiger partial charge in [-0.25, -0.2) is 0 Å². The maximum atomic E-state index is 11.3. The van der Waals surface area contributed by atoms with Crippen LogP contribution in [0, 0.1) is 6.92 Å². The van der Waals surface area contributed by atoms with E-state index in [0.29, 0.717) is 11.1 Å². The Morgan fingerprint density at radius 3 is 2.92 bits per heavy atom. The van der Waals surface area contributed by atoms with Gasteiger partial charge in [-0.3, -0.25) is 4.79 Å². The SMILES string of the molecule is Cc1ccc2c(c1)C(O)(I)NC2=O. The highest BCUT2D eigenvalue weighted by Gasteiger charge is 2.38. The first-order chi connectivity index (χ1) is 6.00. The molecule has 1 amide bonds. The molecule has 0 saturated heterocycles. The highest BCUT2D eigenvalue weighted by Crippen LogP contribution is 2.34. The maximum absolute atomic E-state index is 11.3. The van der Waals surface area contributed by atoms with Crippen LogP contribution in [0.2, 0.25) is 0 Å². The summed E-state index contributed by atoms with van der Waals surface area (Å²) < 4.78 is -1.24. The van der Waals surface area contributed by atoms with Crippen molar-refractivity contribution in [2.75, 3.05) is 0 Å². The number of rotatable bonds is 0. The van der Waals surface area contributed by atoms with Gasteiger partial charge in [0.15, 0.2) is 0 Å². The summed E-state index contributed by atoms with van der Waals surface area (Å²) in [6.07, 6.45) is 0. The molecule has 0 aliphatic carbocycles. The van der Waals surface area contributed by atoms with Crippen LogP contribution in [-0.4, -0.2) is 11.0 Å². The molecule has 1 aliphatic heterocycles. The van der Waals surface area contributed by atoms with E-state index >= 15 is 0 Å². The van der Waals surface area contributed by atoms with Crippen molar-refractivity contribution >= 4 is 28.5 Å². The third-order valence-electron chi connectivity index (χ3n) is 2.06. The van der Waals surface area contributed by atoms with Crippen LogP contribution in [0.5, 0.6) is 0 Å². The van der Waals surface area contributed by atoms with Gasteiger partial charge in [0.05, 0.1) is 0 Å². The Kier molecular flexibility index (Phi) is 1.85. The second-order valence-electron chi connectivity index (χ2n) is 3.13. The van der Waals surface area contributed by atoms with Gasteiger partial charge in [0.2, 0.25) is 3.73 Å². The van der Waals surface area contributed by atoms with Gasteiger partial charge in [0.1, 0.15) is 0 Å². The van der Waals surface area contributed by atoms with Crippen molar-refractivity contribution in [3.05, 3.63) is 34.9 Å². The molecular formula is C9H8INO2. The molecule has 0 saturated carbocycles. The fourth-order valence-electron chi connectivity index (χ4n) is 1.42. The second kappa shape index (κ2) is 2.68. The molecule has 1 unspecified atom stereocenters. The molecule has 2 N–H and O–H groups in total. The van der Waals surface area contributed by atoms with Crippen molar-refractivity contribution in [3.8, 4) is 0 Å². The fourth-order valence-corrected chi connectivity index (χ4v) is 2.11. The molecule has 68 valence electrons. The molecule has 1 aliphatic rings. The minimum atomic E-state index is -1.24. The normalized spacial score (nSPS) is 25.6. The largest absolute Gasteiger partial charge is 0.359 e. The van der Waals surface area contributed by atoms with E-state index in [4.69, 9.17) is 0 Å². The Morgan fingerprint density at radius 2 is 2.23 bits per heavy atom. The Morgan fingerprint density at radius 1 is 1.54 bits per heavy atom. The summed E-state index contributed by atoms with van der Waals surface area (Å²) in [5.41, 5.74) is 2.24. The molecule has 1 aromatic carbocycles. The molecule has 1 atom stereocenters. The minimum absolute atomic E-state index is 0.216. The fraction of sp³-hybridized carbons (Fsp3) is 0.222. The monoisotopic (exact) mass is 289 g/mol. The van der Waals surface area contributed by atoms with E-state index < -0.39 is 3.73 Å². The standard InChI is InChI=1S/C9H8INO2/c1-5-2-3-6-7(4-5)9(10,13)11-8(6)12/h2-4,13H,1H3,(H,11,12). The Balaban J connectivity index is 2.66. The third kappa shape index (κ3) is 1.34. The van der Waals surface area contributed by atoms with Gasteiger partial charge >= 0.3 is 0 Å². The van der Waals surface area contributed by atoms with E-state index in [1.54, 1.807) is 6.07 Å². The number of hydrogen-bond donors (Lipinski definition) is 2. The first-order valence-corrected chi connectivity index (χ1v) is 4.93. The van der Waals surface area contributed by atoms with Gasteiger partial charge in [-0.15, -0.1) is 0 Å². The van der Waals surface area contributed by atoms with Gasteiger partial charge in [-0.1, -0.05) is 11.6 Å². The molecule has 0 bridgehead atoms. The lowest BCUT2D eigenvalue weighted by Crippen LogP contribution is -2.32. The lowest BCUT2D eigenvalue weighted by molar-refractivity contribution is 0.0811. The van der Waals surface area contributed by atoms with Crippen molar-refractivity contribution in [2.45, 2.75) is 10.7 Å². The first kappa shape index (κ1) is 8.96. The zero-order valence-corrected chi connectivity index (χ0v) is 9.12. The summed E-state index contributed by atoms with van der Waals surface area (Å²) >= 11 is 1.81. The average Bonchev–Trinajstić information content (AvgIpc) is 2.23. The van der Waals surface area contributed by atoms with Crippen LogP contribution in [0.4, 0.5) is 0 Å². The van der Waals surface area contributed by atoms with E-state index in [2.05, 4.69) is 5.32 Å². The number of fused-ring (bicyclic) bond motifs is 1. The van der Waals surface area contributed by atoms with Crippen LogP contribution >= 0.6 is 22.6 Å². The third-order valence-corrected chi connectivity index (χ3v) is 2.91. The summed E-state index contributed by atoms with van der Waals surface area (Å²) in [6, 6.07) is 5.41. The lowest BCUT2D eigenvalue weighted by Gasteiger charge is -2.15. The number of nitrogens with one attached hydrogen (secondary N) is 1. The van der Waals surface area contributed by atoms with E-state index in [-0.39, 0.29) is 5.91 Å². The van der Waals surface area contributed by atoms with Gasteiger partial charge in [0.25, 0.3) is 5.91 Å². The number of carbonyl (C=O) groups excluding carboxylic acids is 1. The summed E-state index contributed by atoms with van der Waals surface area (Å²) in [7, 11) is 0. The van der Waals surface area contributed by atoms with Crippen molar-refractivity contribution in [3.63, 3.8) is 0 Å². The summed E-state index contributed by atoms with van der Waals surface area (Å²) in [4.78, 5) is 11.3. The van der Waals surface area contributed by atoms with Gasteiger partial charge in [-0.2, -0.15) is 0 Å². The number of amides is 1. The van der Waals surface area contributed by atoms with Gasteiger partial charge in [-0.05, 0) is 41.6 Å². The molecule has 1 aromatic rings. The zero-order chi connectivity index (χ0) is 9.64. The van der Waals surface area contributed by atoms with E-state index in [9.17, 15) is 9.90 Å². The van der Waals surface area contributed by atoms with Crippen molar-refractivity contribution < 1.29 is 9.90 Å². The molecule has 13 heavy (non-hydrogen) atoms. The zero-order valence-electron chi connectivity index (χ0n) is 6.97. The number of hydrogen-bond acceptors (Lipinski definition) is 2. The number of alkyl halides is 1. The average molecular weight is 289 g/mol. The van der Waals surface area contributed by atoms with Crippen molar-refractivity contribution in [1.29, 1.82) is 0 Å². The molecule has 3 nitrogen and oxygen atoms in total. The lowest BCUT2D eigenvalue weighted by atomic mass is 10.1. The summed E-state index contributed by atoms with van der Waals surface area (Å²) in [6.45, 7) is 1.93. The number of carbonyl (C=O) groups is 1. The van der Waals surface area contributed by atoms with Crippen LogP contribution in [0.15, 0.2) is 18.2 Å². The molecular weight excluding hydrogens is 281 g/mol. The Bertz CT molecular complexity index is 387. The summed E-state index contributed by atoms with van der Waals surface area (Å²) in [5.74, 6) is -0.216. The molecule has 0 radical (unpaired) electrons. The van der Waals surface area contributed by atoms with Crippen LogP contribution in [0.3, 0.4) is 0 Å². The highest BCUT2D eigenvalue weighted by atomic mass is 127. The molecule has 0 spiro atoms. The molecule has 0 aromatic heterocycles. The van der Waals surface area contributed by atoms with Crippen LogP contribution in [-0.2, 0) is 3.73 Å². The number of aliphatic hydroxyl groups is 1. The van der Waals surface area contributed by atoms with E-state index in [1.807, 2.05) is 41.6 Å². The minimum Gasteiger partial charge on any atom is -0.359 e. The van der Waals surface area contributed by atoms with Crippen molar-refractivity contribution in [1.82, 2.24) is 5.32 Å². The highest BCUT2D eigenvalue weighted by molar-refractivity contribution is 14.1. The molecule has 4 heteroatoms. The van der Waals surface area contributed by atoms with E-state index in [0.717, 1.165) is 5.56 Å². The smallest absolute Gasteiger partial charge is 0.254 e. The topological polar surface area (TPSA) is 49.3 Å². The van der Waals surface area contributed by atoms with Crippen LogP contribution in [0.25, 0.3) is 0 Å². The maximum Gasteiger partial charge on any atom is 0.254 e. The van der Waals surface area contributed by atoms with Gasteiger partial charge in [0, 0.05) is 11.1 Å². The van der Waals surface area contributed by atoms with Crippen LogP contribution in [0.1, 0.15) is 21.5 Å². The molecule has 1 heterocycles. The molecule has 0 fully saturated rings. The summed E-state index contributed by atoms with van der Waals surface area (Å²) in [5, 5.41) is 12.3. The second-order valence-corrected chi connectivity index (χ2v) is 4.69.